The molecule has 11 nitrogen and oxygen atoms in total. The predicted molar refractivity (Wildman–Crippen MR) is 169 cm³/mol. The molecule has 1 fully saturated rings. The number of rotatable bonds is 8. The molecule has 0 radical (unpaired) electrons. The summed E-state index contributed by atoms with van der Waals surface area (Å²) in [5.74, 6) is -1.54. The minimum Gasteiger partial charge on any atom is -0.496 e. The number of aliphatic hydroxyl groups is 1. The molecule has 3 aromatic carbocycles. The maximum Gasteiger partial charge on any atom is 0.283 e. The largest absolute Gasteiger partial charge is 0.496 e. The van der Waals surface area contributed by atoms with Crippen molar-refractivity contribution in [3.8, 4) is 28.0 Å². The number of carbonyl (C=O) groups excluding carboxylic acids is 3. The van der Waals surface area contributed by atoms with Gasteiger partial charge in [-0.05, 0) is 78.3 Å². The third-order valence-corrected chi connectivity index (χ3v) is 8.38. The van der Waals surface area contributed by atoms with Gasteiger partial charge in [0.1, 0.15) is 11.6 Å². The maximum atomic E-state index is 15.6. The first-order chi connectivity index (χ1) is 21.5. The van der Waals surface area contributed by atoms with E-state index in [1.807, 2.05) is 38.1 Å². The lowest BCUT2D eigenvalue weighted by molar-refractivity contribution is -0.149. The highest BCUT2D eigenvalue weighted by atomic mass is 19.1. The maximum absolute atomic E-state index is 15.6. The van der Waals surface area contributed by atoms with E-state index in [0.29, 0.717) is 35.5 Å². The van der Waals surface area contributed by atoms with Crippen LogP contribution in [0.2, 0.25) is 0 Å². The van der Waals surface area contributed by atoms with Gasteiger partial charge < -0.3 is 25.8 Å². The number of anilines is 1. The third-order valence-electron chi connectivity index (χ3n) is 8.38. The summed E-state index contributed by atoms with van der Waals surface area (Å²) < 4.78 is 21.1. The van der Waals surface area contributed by atoms with E-state index in [-0.39, 0.29) is 24.2 Å². The monoisotopic (exact) mass is 616 g/mol. The molecule has 2 atom stereocenters. The van der Waals surface area contributed by atoms with Crippen LogP contribution in [0.5, 0.6) is 5.75 Å². The molecule has 4 N–H and O–H groups in total. The number of amides is 3. The fourth-order valence-corrected chi connectivity index (χ4v) is 5.71. The molecule has 2 aliphatic heterocycles. The van der Waals surface area contributed by atoms with Crippen molar-refractivity contribution in [2.75, 3.05) is 33.1 Å². The van der Waals surface area contributed by atoms with Crippen LogP contribution in [0.3, 0.4) is 0 Å². The van der Waals surface area contributed by atoms with E-state index >= 15 is 4.39 Å². The molecule has 2 aliphatic rings. The van der Waals surface area contributed by atoms with E-state index in [4.69, 9.17) is 4.74 Å². The van der Waals surface area contributed by atoms with E-state index in [1.165, 1.54) is 27.3 Å². The minimum absolute atomic E-state index is 0.0834. The van der Waals surface area contributed by atoms with Crippen LogP contribution in [-0.4, -0.2) is 78.6 Å². The molecule has 1 unspecified atom stereocenters. The first-order valence-electron chi connectivity index (χ1n) is 14.7. The van der Waals surface area contributed by atoms with Crippen LogP contribution in [0.1, 0.15) is 29.5 Å². The lowest BCUT2D eigenvalue weighted by Crippen LogP contribution is -2.55. The summed E-state index contributed by atoms with van der Waals surface area (Å²) in [6.45, 7) is 4.61. The lowest BCUT2D eigenvalue weighted by Gasteiger charge is -2.33. The van der Waals surface area contributed by atoms with Gasteiger partial charge >= 0.3 is 0 Å². The van der Waals surface area contributed by atoms with E-state index in [0.717, 1.165) is 44.1 Å². The molecule has 3 amide bonds. The average molecular weight is 617 g/mol. The third kappa shape index (κ3) is 6.24. The Balaban J connectivity index is 1.43. The number of nitrogens with zero attached hydrogens (tertiary/aromatic N) is 3. The Bertz CT molecular complexity index is 1690. The fraction of sp³-hybridized carbons (Fsp3) is 0.333. The highest BCUT2D eigenvalue weighted by molar-refractivity contribution is 6.67. The van der Waals surface area contributed by atoms with Crippen LogP contribution in [-0.2, 0) is 20.9 Å². The van der Waals surface area contributed by atoms with E-state index in [9.17, 15) is 19.5 Å². The lowest BCUT2D eigenvalue weighted by atomic mass is 9.90. The Morgan fingerprint density at radius 3 is 2.49 bits per heavy atom. The Kier molecular flexibility index (Phi) is 9.16. The molecule has 12 heteroatoms. The summed E-state index contributed by atoms with van der Waals surface area (Å²) >= 11 is 0. The summed E-state index contributed by atoms with van der Waals surface area (Å²) in [7, 11) is 4.34. The highest BCUT2D eigenvalue weighted by Gasteiger charge is 2.35. The quantitative estimate of drug-likeness (QED) is 0.306. The van der Waals surface area contributed by atoms with Crippen molar-refractivity contribution < 1.29 is 28.6 Å². The number of halogens is 1. The Morgan fingerprint density at radius 1 is 1.09 bits per heavy atom. The van der Waals surface area contributed by atoms with Crippen molar-refractivity contribution in [3.63, 3.8) is 0 Å². The number of ether oxygens (including phenoxy) is 1. The van der Waals surface area contributed by atoms with Crippen LogP contribution in [0.25, 0.3) is 22.3 Å². The van der Waals surface area contributed by atoms with E-state index < -0.39 is 24.0 Å². The Labute approximate surface area is 261 Å². The van der Waals surface area contributed by atoms with Crippen LogP contribution in [0.4, 0.5) is 10.1 Å². The zero-order valence-electron chi connectivity index (χ0n) is 25.9. The number of carbonyl (C=O) groups is 3. The molecule has 2 heterocycles. The van der Waals surface area contributed by atoms with Crippen molar-refractivity contribution in [2.24, 2.45) is 5.10 Å². The molecule has 0 spiro atoms. The second kappa shape index (κ2) is 13.0. The first-order valence-corrected chi connectivity index (χ1v) is 14.7. The molecule has 0 aromatic heterocycles. The van der Waals surface area contributed by atoms with Crippen molar-refractivity contribution in [1.29, 1.82) is 0 Å². The summed E-state index contributed by atoms with van der Waals surface area (Å²) in [4.78, 5) is 38.9. The Hall–Kier alpha value is -4.81. The summed E-state index contributed by atoms with van der Waals surface area (Å²) in [5, 5.41) is 23.9. The first kappa shape index (κ1) is 31.6. The second-order valence-electron chi connectivity index (χ2n) is 11.2. The summed E-state index contributed by atoms with van der Waals surface area (Å²) in [5.41, 5.74) is 5.30. The predicted octanol–water partition coefficient (Wildman–Crippen LogP) is 3.13. The molecular formula is C33H37FN6O5. The molecule has 0 saturated carbocycles. The van der Waals surface area contributed by atoms with Crippen LogP contribution in [0, 0.1) is 19.7 Å². The van der Waals surface area contributed by atoms with Gasteiger partial charge in [-0.1, -0.05) is 30.3 Å². The van der Waals surface area contributed by atoms with Gasteiger partial charge in [0.2, 0.25) is 18.0 Å². The standard InChI is InChI=1S/C33H37FN6O5/c1-18-21(20-15-25(34)24(28(16-20)45-5)17-36-27-13-8-14-35-30(27)41)9-6-10-22(18)23-11-7-12-26(19(23)2)37-31(42)29-32(43)39(3)33(44)40(4)38-29/h6-7,9-12,15-16,27,33,36,44H,8,13-14,17H2,1-5H3,(H,35,41)(H,37,42)/t27-,33?/m1/s1. The topological polar surface area (TPSA) is 136 Å². The van der Waals surface area contributed by atoms with E-state index in [1.54, 1.807) is 18.2 Å². The number of hydrogen-bond acceptors (Lipinski definition) is 8. The van der Waals surface area contributed by atoms with Gasteiger partial charge in [0.05, 0.1) is 13.2 Å². The molecule has 236 valence electrons. The molecule has 0 aliphatic carbocycles. The number of hydrazone groups is 1. The number of hydrogen-bond donors (Lipinski definition) is 4. The van der Waals surface area contributed by atoms with Crippen LogP contribution in [0.15, 0.2) is 53.6 Å². The highest BCUT2D eigenvalue weighted by Crippen LogP contribution is 2.37. The molecular weight excluding hydrogens is 579 g/mol. The summed E-state index contributed by atoms with van der Waals surface area (Å²) in [6.07, 6.45) is 0.289. The number of nitrogens with one attached hydrogen (secondary N) is 3. The van der Waals surface area contributed by atoms with Crippen molar-refractivity contribution in [1.82, 2.24) is 20.5 Å². The van der Waals surface area contributed by atoms with Gasteiger partial charge in [-0.15, -0.1) is 0 Å². The number of benzene rings is 3. The SMILES string of the molecule is COc1cc(-c2cccc(-c3cccc(NC(=O)C4=NN(C)C(O)N(C)C4=O)c3C)c2C)cc(F)c1CN[C@@H]1CCCNC1=O. The molecule has 0 bridgehead atoms. The van der Waals surface area contributed by atoms with Gasteiger partial charge in [0.15, 0.2) is 0 Å². The van der Waals surface area contributed by atoms with Gasteiger partial charge in [-0.2, -0.15) is 5.10 Å². The zero-order chi connectivity index (χ0) is 32.4. The second-order valence-corrected chi connectivity index (χ2v) is 11.2. The molecule has 1 saturated heterocycles. The van der Waals surface area contributed by atoms with Crippen LogP contribution >= 0.6 is 0 Å². The van der Waals surface area contributed by atoms with Crippen molar-refractivity contribution >= 4 is 29.1 Å². The molecule has 5 rings (SSSR count). The van der Waals surface area contributed by atoms with Crippen molar-refractivity contribution in [3.05, 3.63) is 71.0 Å². The van der Waals surface area contributed by atoms with Gasteiger partial charge in [0.25, 0.3) is 11.8 Å². The van der Waals surface area contributed by atoms with Gasteiger partial charge in [-0.25, -0.2) is 4.39 Å². The number of piperidine rings is 1. The van der Waals surface area contributed by atoms with Crippen LogP contribution < -0.4 is 20.7 Å². The zero-order valence-corrected chi connectivity index (χ0v) is 25.9. The summed E-state index contributed by atoms with van der Waals surface area (Å²) in [6, 6.07) is 14.1. The van der Waals surface area contributed by atoms with Gasteiger partial charge in [-0.3, -0.25) is 24.3 Å². The minimum atomic E-state index is -1.26. The normalized spacial score (nSPS) is 18.4. The van der Waals surface area contributed by atoms with Crippen molar-refractivity contribution in [2.45, 2.75) is 45.6 Å². The Morgan fingerprint density at radius 2 is 1.78 bits per heavy atom. The molecule has 45 heavy (non-hydrogen) atoms. The number of methoxy groups -OCH3 is 1. The smallest absolute Gasteiger partial charge is 0.283 e. The number of aliphatic hydroxyl groups excluding tert-OH is 1. The van der Waals surface area contributed by atoms with Gasteiger partial charge in [0, 0.05) is 38.4 Å². The average Bonchev–Trinajstić information content (AvgIpc) is 3.02. The molecule has 3 aromatic rings. The van der Waals surface area contributed by atoms with E-state index in [2.05, 4.69) is 21.1 Å². The fourth-order valence-electron chi connectivity index (χ4n) is 5.71.